The molecule has 18 heavy (non-hydrogen) atoms. The molecule has 102 valence electrons. The van der Waals surface area contributed by atoms with Gasteiger partial charge in [0.25, 0.3) is 0 Å². The molecule has 0 aromatic heterocycles. The van der Waals surface area contributed by atoms with Crippen molar-refractivity contribution in [1.82, 2.24) is 10.2 Å². The topological polar surface area (TPSA) is 95.9 Å². The number of nitrogens with zero attached hydrogens (tertiary/aromatic N) is 1. The van der Waals surface area contributed by atoms with E-state index < -0.39 is 12.0 Å². The lowest BCUT2D eigenvalue weighted by Crippen LogP contribution is -2.42. The highest BCUT2D eigenvalue weighted by Crippen LogP contribution is 2.07. The van der Waals surface area contributed by atoms with Crippen LogP contribution in [0, 0.1) is 0 Å². The SMILES string of the molecule is O=CNC(CSCC(=O)N1CCOCC1)C(=O)O. The normalized spacial score (nSPS) is 17.0. The van der Waals surface area contributed by atoms with Crippen molar-refractivity contribution in [2.75, 3.05) is 37.8 Å². The van der Waals surface area contributed by atoms with Crippen LogP contribution in [0.15, 0.2) is 0 Å². The molecule has 8 heteroatoms. The zero-order valence-electron chi connectivity index (χ0n) is 9.83. The van der Waals surface area contributed by atoms with E-state index >= 15 is 0 Å². The molecular weight excluding hydrogens is 260 g/mol. The van der Waals surface area contributed by atoms with Crippen LogP contribution in [0.1, 0.15) is 0 Å². The number of carboxylic acids is 1. The molecule has 0 aromatic carbocycles. The Hall–Kier alpha value is -1.28. The van der Waals surface area contributed by atoms with Crippen LogP contribution in [0.3, 0.4) is 0 Å². The van der Waals surface area contributed by atoms with Gasteiger partial charge in [-0.15, -0.1) is 11.8 Å². The minimum Gasteiger partial charge on any atom is -0.480 e. The van der Waals surface area contributed by atoms with Crippen LogP contribution in [0.4, 0.5) is 0 Å². The van der Waals surface area contributed by atoms with Crippen molar-refractivity contribution < 1.29 is 24.2 Å². The van der Waals surface area contributed by atoms with E-state index in [1.807, 2.05) is 0 Å². The highest BCUT2D eigenvalue weighted by molar-refractivity contribution is 8.00. The maximum atomic E-state index is 11.7. The molecular formula is C10H16N2O5S. The van der Waals surface area contributed by atoms with E-state index in [1.54, 1.807) is 4.90 Å². The Balaban J connectivity index is 2.24. The number of hydrogen-bond acceptors (Lipinski definition) is 5. The van der Waals surface area contributed by atoms with E-state index in [2.05, 4.69) is 5.32 Å². The van der Waals surface area contributed by atoms with Crippen LogP contribution in [0.2, 0.25) is 0 Å². The molecule has 2 N–H and O–H groups in total. The van der Waals surface area contributed by atoms with Crippen LogP contribution < -0.4 is 5.32 Å². The van der Waals surface area contributed by atoms with Gasteiger partial charge < -0.3 is 20.1 Å². The molecule has 1 saturated heterocycles. The predicted molar refractivity (Wildman–Crippen MR) is 65.3 cm³/mol. The first kappa shape index (κ1) is 14.8. The van der Waals surface area contributed by atoms with Crippen molar-refractivity contribution in [1.29, 1.82) is 0 Å². The third-order valence-corrected chi connectivity index (χ3v) is 3.46. The molecule has 0 aromatic rings. The third kappa shape index (κ3) is 4.92. The Morgan fingerprint density at radius 2 is 2.11 bits per heavy atom. The van der Waals surface area contributed by atoms with Gasteiger partial charge in [-0.1, -0.05) is 0 Å². The number of nitrogens with one attached hydrogen (secondary N) is 1. The van der Waals surface area contributed by atoms with Gasteiger partial charge in [-0.3, -0.25) is 9.59 Å². The van der Waals surface area contributed by atoms with Gasteiger partial charge in [-0.2, -0.15) is 0 Å². The standard InChI is InChI=1S/C10H16N2O5S/c13-7-11-8(10(15)16)5-18-6-9(14)12-1-3-17-4-2-12/h7-8H,1-6H2,(H,11,13)(H,15,16). The monoisotopic (exact) mass is 276 g/mol. The predicted octanol–water partition coefficient (Wildman–Crippen LogP) is -1.22. The molecule has 2 amide bonds. The summed E-state index contributed by atoms with van der Waals surface area (Å²) in [6.07, 6.45) is 0.350. The number of rotatable bonds is 7. The first-order chi connectivity index (χ1) is 8.65. The number of carbonyl (C=O) groups excluding carboxylic acids is 2. The minimum absolute atomic E-state index is 0.0291. The fraction of sp³-hybridized carbons (Fsp3) is 0.700. The molecule has 1 aliphatic heterocycles. The number of ether oxygens (including phenoxy) is 1. The third-order valence-electron chi connectivity index (χ3n) is 2.44. The minimum atomic E-state index is -1.10. The molecule has 7 nitrogen and oxygen atoms in total. The fourth-order valence-corrected chi connectivity index (χ4v) is 2.39. The summed E-state index contributed by atoms with van der Waals surface area (Å²) in [6, 6.07) is -0.954. The van der Waals surface area contributed by atoms with Gasteiger partial charge in [0.1, 0.15) is 6.04 Å². The number of morpholine rings is 1. The fourth-order valence-electron chi connectivity index (χ4n) is 1.44. The molecule has 1 atom stereocenters. The summed E-state index contributed by atoms with van der Waals surface area (Å²) in [7, 11) is 0. The lowest BCUT2D eigenvalue weighted by molar-refractivity contribution is -0.139. The van der Waals surface area contributed by atoms with E-state index in [0.717, 1.165) is 0 Å². The smallest absolute Gasteiger partial charge is 0.327 e. The second kappa shape index (κ2) is 7.93. The first-order valence-electron chi connectivity index (χ1n) is 5.51. The first-order valence-corrected chi connectivity index (χ1v) is 6.66. The number of thioether (sulfide) groups is 1. The summed E-state index contributed by atoms with van der Waals surface area (Å²) < 4.78 is 5.13. The number of carboxylic acid groups (broad SMARTS) is 1. The van der Waals surface area contributed by atoms with Gasteiger partial charge in [0.15, 0.2) is 0 Å². The maximum Gasteiger partial charge on any atom is 0.327 e. The van der Waals surface area contributed by atoms with Crippen molar-refractivity contribution in [2.45, 2.75) is 6.04 Å². The summed E-state index contributed by atoms with van der Waals surface area (Å²) in [5, 5.41) is 11.0. The van der Waals surface area contributed by atoms with Crippen LogP contribution >= 0.6 is 11.8 Å². The molecule has 0 saturated carbocycles. The Bertz CT molecular complexity index is 307. The maximum absolute atomic E-state index is 11.7. The summed E-state index contributed by atoms with van der Waals surface area (Å²) in [4.78, 5) is 34.3. The molecule has 1 rings (SSSR count). The van der Waals surface area contributed by atoms with Crippen molar-refractivity contribution in [3.05, 3.63) is 0 Å². The van der Waals surface area contributed by atoms with E-state index in [-0.39, 0.29) is 17.4 Å². The van der Waals surface area contributed by atoms with Crippen molar-refractivity contribution in [3.63, 3.8) is 0 Å². The second-order valence-electron chi connectivity index (χ2n) is 3.68. The highest BCUT2D eigenvalue weighted by Gasteiger charge is 2.19. The second-order valence-corrected chi connectivity index (χ2v) is 4.71. The largest absolute Gasteiger partial charge is 0.480 e. The van der Waals surface area contributed by atoms with Crippen LogP contribution in [-0.4, -0.2) is 72.1 Å². The van der Waals surface area contributed by atoms with Crippen molar-refractivity contribution in [2.24, 2.45) is 0 Å². The van der Waals surface area contributed by atoms with E-state index in [1.165, 1.54) is 11.8 Å². The zero-order valence-corrected chi connectivity index (χ0v) is 10.6. The van der Waals surface area contributed by atoms with Gasteiger partial charge in [0.05, 0.1) is 19.0 Å². The molecule has 0 radical (unpaired) electrons. The van der Waals surface area contributed by atoms with Crippen molar-refractivity contribution >= 4 is 30.0 Å². The van der Waals surface area contributed by atoms with Gasteiger partial charge in [0.2, 0.25) is 12.3 Å². The molecule has 0 aliphatic carbocycles. The van der Waals surface area contributed by atoms with Gasteiger partial charge >= 0.3 is 5.97 Å². The van der Waals surface area contributed by atoms with E-state index in [0.29, 0.717) is 32.7 Å². The van der Waals surface area contributed by atoms with E-state index in [4.69, 9.17) is 9.84 Å². The lowest BCUT2D eigenvalue weighted by Gasteiger charge is -2.26. The van der Waals surface area contributed by atoms with Crippen molar-refractivity contribution in [3.8, 4) is 0 Å². The molecule has 0 spiro atoms. The Morgan fingerprint density at radius 1 is 1.44 bits per heavy atom. The summed E-state index contributed by atoms with van der Waals surface area (Å²) in [5.74, 6) is -0.749. The molecule has 1 fully saturated rings. The quantitative estimate of drug-likeness (QED) is 0.566. The molecule has 1 aliphatic rings. The number of carbonyl (C=O) groups is 3. The highest BCUT2D eigenvalue weighted by atomic mass is 32.2. The van der Waals surface area contributed by atoms with Gasteiger partial charge in [-0.05, 0) is 0 Å². The number of aliphatic carboxylic acids is 1. The summed E-state index contributed by atoms with van der Waals surface area (Å²) in [5.41, 5.74) is 0. The average molecular weight is 276 g/mol. The van der Waals surface area contributed by atoms with Crippen LogP contribution in [-0.2, 0) is 19.1 Å². The molecule has 1 unspecified atom stereocenters. The number of hydrogen-bond donors (Lipinski definition) is 2. The lowest BCUT2D eigenvalue weighted by atomic mass is 10.3. The average Bonchev–Trinajstić information content (AvgIpc) is 2.38. The zero-order chi connectivity index (χ0) is 13.4. The van der Waals surface area contributed by atoms with Gasteiger partial charge in [0, 0.05) is 18.8 Å². The number of amides is 2. The van der Waals surface area contributed by atoms with Crippen LogP contribution in [0.5, 0.6) is 0 Å². The molecule has 1 heterocycles. The summed E-state index contributed by atoms with van der Waals surface area (Å²) in [6.45, 7) is 2.24. The van der Waals surface area contributed by atoms with Crippen LogP contribution in [0.25, 0.3) is 0 Å². The van der Waals surface area contributed by atoms with Gasteiger partial charge in [-0.25, -0.2) is 4.79 Å². The Kier molecular flexibility index (Phi) is 6.51. The van der Waals surface area contributed by atoms with E-state index in [9.17, 15) is 14.4 Å². The Labute approximate surface area is 109 Å². The summed E-state index contributed by atoms with van der Waals surface area (Å²) >= 11 is 1.20. The molecule has 0 bridgehead atoms. The Morgan fingerprint density at radius 3 is 2.67 bits per heavy atom.